The van der Waals surface area contributed by atoms with E-state index in [1.54, 1.807) is 48.4 Å². The number of benzene rings is 3. The van der Waals surface area contributed by atoms with Crippen LogP contribution in [0.4, 0.5) is 0 Å². The number of carbonyl (C=O) groups is 4. The first-order chi connectivity index (χ1) is 31.7. The molecule has 67 heavy (non-hydrogen) atoms. The van der Waals surface area contributed by atoms with E-state index in [0.29, 0.717) is 72.3 Å². The number of amides is 3. The third-order valence-electron chi connectivity index (χ3n) is 13.5. The number of hydrogen-bond acceptors (Lipinski definition) is 9. The number of ketones is 1. The summed E-state index contributed by atoms with van der Waals surface area (Å²) >= 11 is 12.8. The van der Waals surface area contributed by atoms with Gasteiger partial charge in [-0.1, -0.05) is 47.5 Å². The standard InChI is InChI=1S/C51H57Cl2N7O6.ClH/c1-32-45(62)23-36(30-61)49(64)56-51(26-33-8-13-37(52)14-9-33)20-6-22-59(31-51)50(65)42(40-18-19-43-41(40)7-5-21-54-43)25-48(63)60(32)28-35-10-15-38(53)24-46(35)66-39-16-11-34(12-17-39)44-27-55-47(58(44)4)29-57(2)3;/h5,7-17,21,24,27,32,36,40,42,61H,6,18-20,22-23,25-26,28-31H2,1-4H3,(H,56,64);1H/t32-,36-,40-,42-,51+;/m0./s1. The number of ether oxygens (including phenoxy) is 1. The Labute approximate surface area is 408 Å². The maximum absolute atomic E-state index is 15.2. The Hall–Kier alpha value is -5.31. The molecule has 2 aliphatic heterocycles. The number of aliphatic hydroxyl groups is 1. The molecule has 0 spiro atoms. The van der Waals surface area contributed by atoms with Crippen molar-refractivity contribution in [1.82, 2.24) is 34.6 Å². The number of nitrogens with zero attached hydrogens (tertiary/aromatic N) is 6. The Bertz CT molecular complexity index is 2590. The van der Waals surface area contributed by atoms with Gasteiger partial charge >= 0.3 is 0 Å². The number of nitrogens with one attached hydrogen (secondary N) is 1. The van der Waals surface area contributed by atoms with Gasteiger partial charge in [0.2, 0.25) is 17.7 Å². The van der Waals surface area contributed by atoms with Crippen LogP contribution in [0, 0.1) is 11.8 Å². The molecule has 3 aliphatic rings. The normalized spacial score (nSPS) is 22.6. The van der Waals surface area contributed by atoms with Crippen molar-refractivity contribution in [1.29, 1.82) is 0 Å². The number of piperidine rings is 1. The van der Waals surface area contributed by atoms with Gasteiger partial charge in [-0.05, 0) is 125 Å². The summed E-state index contributed by atoms with van der Waals surface area (Å²) in [6.07, 6.45) is 5.99. The Morgan fingerprint density at radius 2 is 1.69 bits per heavy atom. The Morgan fingerprint density at radius 1 is 0.940 bits per heavy atom. The van der Waals surface area contributed by atoms with Crippen LogP contribution in [-0.4, -0.2) is 103 Å². The zero-order valence-corrected chi connectivity index (χ0v) is 40.6. The molecule has 2 fully saturated rings. The second kappa shape index (κ2) is 21.3. The van der Waals surface area contributed by atoms with E-state index in [0.717, 1.165) is 33.9 Å². The van der Waals surface area contributed by atoms with E-state index in [1.165, 1.54) is 4.90 Å². The predicted molar refractivity (Wildman–Crippen MR) is 260 cm³/mol. The molecule has 354 valence electrons. The van der Waals surface area contributed by atoms with Gasteiger partial charge in [0.25, 0.3) is 0 Å². The fourth-order valence-electron chi connectivity index (χ4n) is 9.94. The summed E-state index contributed by atoms with van der Waals surface area (Å²) in [5.41, 5.74) is 4.35. The molecule has 3 amide bonds. The Morgan fingerprint density at radius 3 is 2.42 bits per heavy atom. The van der Waals surface area contributed by atoms with Crippen molar-refractivity contribution in [2.24, 2.45) is 18.9 Å². The van der Waals surface area contributed by atoms with E-state index < -0.39 is 47.6 Å². The van der Waals surface area contributed by atoms with E-state index in [9.17, 15) is 14.7 Å². The lowest BCUT2D eigenvalue weighted by Crippen LogP contribution is -2.63. The molecule has 8 rings (SSSR count). The summed E-state index contributed by atoms with van der Waals surface area (Å²) in [5.74, 6) is -1.79. The molecule has 1 aliphatic carbocycles. The van der Waals surface area contributed by atoms with Gasteiger partial charge in [0, 0.05) is 66.0 Å². The first-order valence-electron chi connectivity index (χ1n) is 22.6. The number of aryl methyl sites for hydroxylation is 1. The van der Waals surface area contributed by atoms with E-state index >= 15 is 9.59 Å². The molecule has 2 saturated heterocycles. The minimum absolute atomic E-state index is 0. The maximum atomic E-state index is 15.2. The summed E-state index contributed by atoms with van der Waals surface area (Å²) in [5, 5.41) is 14.9. The number of fused-ring (bicyclic) bond motifs is 3. The van der Waals surface area contributed by atoms with E-state index in [4.69, 9.17) is 27.9 Å². The van der Waals surface area contributed by atoms with Crippen molar-refractivity contribution >= 4 is 59.1 Å². The first kappa shape index (κ1) is 49.6. The molecule has 2 aromatic heterocycles. The number of rotatable bonds is 11. The number of aliphatic hydroxyl groups excluding tert-OH is 1. The number of pyridine rings is 1. The monoisotopic (exact) mass is 969 g/mol. The molecule has 16 heteroatoms. The molecule has 2 bridgehead atoms. The summed E-state index contributed by atoms with van der Waals surface area (Å²) in [7, 11) is 5.99. The molecule has 3 aromatic carbocycles. The van der Waals surface area contributed by atoms with Gasteiger partial charge in [0.05, 0.1) is 55.0 Å². The highest BCUT2D eigenvalue weighted by molar-refractivity contribution is 6.31. The van der Waals surface area contributed by atoms with Crippen LogP contribution in [-0.2, 0) is 52.2 Å². The molecule has 0 unspecified atom stereocenters. The van der Waals surface area contributed by atoms with Crippen LogP contribution in [0.5, 0.6) is 11.5 Å². The summed E-state index contributed by atoms with van der Waals surface area (Å²) in [6, 6.07) is 23.0. The largest absolute Gasteiger partial charge is 0.457 e. The lowest BCUT2D eigenvalue weighted by atomic mass is 9.79. The van der Waals surface area contributed by atoms with Crippen LogP contribution in [0.25, 0.3) is 11.3 Å². The SMILES string of the molecule is C[C@H]1C(=O)C[C@@H](CO)C(=O)N[C@@]2(Cc3ccc(Cl)cc3)CCCN(C2)C(=O)[C@H]([C@H]2CCc3ncccc32)CC(=O)N1Cc1ccc(Cl)cc1Oc1ccc(-c2cnc(CN(C)C)n2C)cc1.Cl. The second-order valence-electron chi connectivity index (χ2n) is 18.4. The second-order valence-corrected chi connectivity index (χ2v) is 19.3. The molecule has 13 nitrogen and oxygen atoms in total. The van der Waals surface area contributed by atoms with Gasteiger partial charge in [-0.25, -0.2) is 4.98 Å². The molecule has 5 aromatic rings. The zero-order valence-electron chi connectivity index (χ0n) is 38.3. The van der Waals surface area contributed by atoms with E-state index in [2.05, 4.69) is 24.8 Å². The van der Waals surface area contributed by atoms with Gasteiger partial charge in [-0.15, -0.1) is 12.4 Å². The highest BCUT2D eigenvalue weighted by Gasteiger charge is 2.45. The highest BCUT2D eigenvalue weighted by Crippen LogP contribution is 2.42. The van der Waals surface area contributed by atoms with Gasteiger partial charge in [-0.3, -0.25) is 24.2 Å². The molecule has 4 heterocycles. The molecule has 5 atom stereocenters. The topological polar surface area (TPSA) is 150 Å². The minimum atomic E-state index is -1.09. The van der Waals surface area contributed by atoms with Crippen LogP contribution < -0.4 is 10.1 Å². The van der Waals surface area contributed by atoms with Crippen molar-refractivity contribution < 1.29 is 29.0 Å². The number of Topliss-reactive ketones (excluding diaryl/α,β-unsaturated/α-hetero) is 1. The average Bonchev–Trinajstić information content (AvgIpc) is 3.89. The Kier molecular flexibility index (Phi) is 15.8. The third kappa shape index (κ3) is 11.2. The summed E-state index contributed by atoms with van der Waals surface area (Å²) in [6.45, 7) is 2.33. The number of hydrogen-bond donors (Lipinski definition) is 2. The van der Waals surface area contributed by atoms with Crippen molar-refractivity contribution in [2.75, 3.05) is 33.8 Å². The molecular weight excluding hydrogens is 913 g/mol. The van der Waals surface area contributed by atoms with Gasteiger partial charge in [0.15, 0.2) is 5.78 Å². The maximum Gasteiger partial charge on any atom is 0.226 e. The number of halogens is 3. The summed E-state index contributed by atoms with van der Waals surface area (Å²) in [4.78, 5) is 73.7. The van der Waals surface area contributed by atoms with Crippen LogP contribution >= 0.6 is 35.6 Å². The average molecular weight is 971 g/mol. The van der Waals surface area contributed by atoms with Crippen molar-refractivity contribution in [3.8, 4) is 22.8 Å². The predicted octanol–water partition coefficient (Wildman–Crippen LogP) is 7.82. The molecule has 2 N–H and O–H groups in total. The number of carbonyl (C=O) groups excluding carboxylic acids is 4. The molecule has 0 saturated carbocycles. The fourth-order valence-corrected chi connectivity index (χ4v) is 10.2. The van der Waals surface area contributed by atoms with Crippen LogP contribution in [0.1, 0.15) is 73.2 Å². The van der Waals surface area contributed by atoms with Gasteiger partial charge < -0.3 is 34.4 Å². The van der Waals surface area contributed by atoms with E-state index in [1.807, 2.05) is 75.9 Å². The van der Waals surface area contributed by atoms with Crippen LogP contribution in [0.3, 0.4) is 0 Å². The third-order valence-corrected chi connectivity index (χ3v) is 14.0. The highest BCUT2D eigenvalue weighted by atomic mass is 35.5. The quantitative estimate of drug-likeness (QED) is 0.135. The molecule has 0 radical (unpaired) electrons. The van der Waals surface area contributed by atoms with Gasteiger partial charge in [-0.2, -0.15) is 0 Å². The fraction of sp³-hybridized carbons (Fsp3) is 0.412. The zero-order chi connectivity index (χ0) is 46.7. The number of aromatic nitrogens is 3. The van der Waals surface area contributed by atoms with Crippen molar-refractivity contribution in [2.45, 2.75) is 82.5 Å². The molecular formula is C51H58Cl3N7O6. The first-order valence-corrected chi connectivity index (χ1v) is 23.4. The van der Waals surface area contributed by atoms with Crippen LogP contribution in [0.15, 0.2) is 91.3 Å². The summed E-state index contributed by atoms with van der Waals surface area (Å²) < 4.78 is 8.55. The lowest BCUT2D eigenvalue weighted by Gasteiger charge is -2.46. The van der Waals surface area contributed by atoms with Gasteiger partial charge in [0.1, 0.15) is 17.3 Å². The van der Waals surface area contributed by atoms with Crippen molar-refractivity contribution in [3.63, 3.8) is 0 Å². The van der Waals surface area contributed by atoms with Crippen LogP contribution in [0.2, 0.25) is 10.0 Å². The smallest absolute Gasteiger partial charge is 0.226 e. The minimum Gasteiger partial charge on any atom is -0.457 e. The lowest BCUT2D eigenvalue weighted by molar-refractivity contribution is -0.148. The van der Waals surface area contributed by atoms with E-state index in [-0.39, 0.29) is 50.2 Å². The van der Waals surface area contributed by atoms with Crippen molar-refractivity contribution in [3.05, 3.63) is 130 Å². The Balaban J connectivity index is 0.00000666. The number of imidazole rings is 1.